The lowest BCUT2D eigenvalue weighted by molar-refractivity contribution is -0.115. The van der Waals surface area contributed by atoms with Crippen molar-refractivity contribution < 1.29 is 18.7 Å². The lowest BCUT2D eigenvalue weighted by atomic mass is 10.2. The fraction of sp³-hybridized carbons (Fsp3) is 0.200. The number of carbonyl (C=O) groups is 1. The minimum absolute atomic E-state index is 0.217. The van der Waals surface area contributed by atoms with E-state index in [0.717, 1.165) is 11.8 Å². The van der Waals surface area contributed by atoms with Crippen molar-refractivity contribution >= 4 is 23.4 Å². The summed E-state index contributed by atoms with van der Waals surface area (Å²) in [5, 5.41) is 19.4. The van der Waals surface area contributed by atoms with E-state index >= 15 is 0 Å². The smallest absolute Gasteiger partial charge is 0.277 e. The van der Waals surface area contributed by atoms with Gasteiger partial charge in [-0.2, -0.15) is 5.26 Å². The first kappa shape index (κ1) is 18.8. The zero-order valence-electron chi connectivity index (χ0n) is 15.4. The van der Waals surface area contributed by atoms with Crippen molar-refractivity contribution in [3.05, 3.63) is 60.0 Å². The number of aromatic nitrogens is 2. The lowest BCUT2D eigenvalue weighted by Gasteiger charge is -2.23. The van der Waals surface area contributed by atoms with E-state index in [2.05, 4.69) is 15.5 Å². The van der Waals surface area contributed by atoms with E-state index in [9.17, 15) is 4.79 Å². The Morgan fingerprint density at radius 1 is 1.21 bits per heavy atom. The highest BCUT2D eigenvalue weighted by molar-refractivity contribution is 8.00. The van der Waals surface area contributed by atoms with Gasteiger partial charge in [0, 0.05) is 5.69 Å². The molecular weight excluding hydrogens is 392 g/mol. The van der Waals surface area contributed by atoms with Gasteiger partial charge in [0.1, 0.15) is 6.61 Å². The SMILES string of the molecule is C[C@H](Sc1nnc([C@@H]2COc3ccccc3O2)o1)C(=O)Nc1ccc(C#N)cc1. The Balaban J connectivity index is 1.36. The maximum atomic E-state index is 12.4. The second-order valence-corrected chi connectivity index (χ2v) is 7.50. The number of anilines is 1. The molecule has 2 aromatic carbocycles. The molecule has 1 N–H and O–H groups in total. The second-order valence-electron chi connectivity index (χ2n) is 6.21. The number of amides is 1. The van der Waals surface area contributed by atoms with Crippen LogP contribution in [-0.4, -0.2) is 28.0 Å². The minimum Gasteiger partial charge on any atom is -0.485 e. The van der Waals surface area contributed by atoms with Crippen molar-refractivity contribution in [2.45, 2.75) is 23.5 Å². The van der Waals surface area contributed by atoms with Crippen LogP contribution >= 0.6 is 11.8 Å². The molecule has 29 heavy (non-hydrogen) atoms. The Hall–Kier alpha value is -3.51. The number of carbonyl (C=O) groups excluding carboxylic acids is 1. The van der Waals surface area contributed by atoms with Crippen molar-refractivity contribution in [1.82, 2.24) is 10.2 Å². The zero-order valence-corrected chi connectivity index (χ0v) is 16.2. The number of benzene rings is 2. The van der Waals surface area contributed by atoms with Gasteiger partial charge in [-0.15, -0.1) is 10.2 Å². The normalized spacial score (nSPS) is 15.9. The Morgan fingerprint density at radius 3 is 2.72 bits per heavy atom. The quantitative estimate of drug-likeness (QED) is 0.638. The number of nitriles is 1. The Kier molecular flexibility index (Phi) is 5.35. The Morgan fingerprint density at radius 2 is 1.97 bits per heavy atom. The van der Waals surface area contributed by atoms with Gasteiger partial charge in [-0.05, 0) is 43.3 Å². The highest BCUT2D eigenvalue weighted by Gasteiger charge is 2.28. The summed E-state index contributed by atoms with van der Waals surface area (Å²) in [6, 6.07) is 16.0. The molecule has 0 radical (unpaired) electrons. The highest BCUT2D eigenvalue weighted by Crippen LogP contribution is 2.36. The molecule has 0 saturated heterocycles. The average Bonchev–Trinajstić information content (AvgIpc) is 3.22. The van der Waals surface area contributed by atoms with Crippen LogP contribution in [0.1, 0.15) is 24.5 Å². The Labute approximate surface area is 170 Å². The van der Waals surface area contributed by atoms with Crippen molar-refractivity contribution in [2.75, 3.05) is 11.9 Å². The predicted molar refractivity (Wildman–Crippen MR) is 105 cm³/mol. The molecule has 3 aromatic rings. The number of para-hydroxylation sites is 2. The first-order valence-corrected chi connectivity index (χ1v) is 9.70. The van der Waals surface area contributed by atoms with Crippen LogP contribution in [-0.2, 0) is 4.79 Å². The molecule has 0 aliphatic carbocycles. The standard InChI is InChI=1S/C20H16N4O4S/c1-12(18(25)22-14-8-6-13(10-21)7-9-14)29-20-24-23-19(28-20)17-11-26-15-4-2-3-5-16(15)27-17/h2-9,12,17H,11H2,1H3,(H,22,25)/t12-,17-/m0/s1. The van der Waals surface area contributed by atoms with Crippen LogP contribution in [0.2, 0.25) is 0 Å². The van der Waals surface area contributed by atoms with Gasteiger partial charge in [0.25, 0.3) is 11.1 Å². The van der Waals surface area contributed by atoms with Crippen LogP contribution in [0.25, 0.3) is 0 Å². The lowest BCUT2D eigenvalue weighted by Crippen LogP contribution is -2.22. The van der Waals surface area contributed by atoms with Gasteiger partial charge in [0.05, 0.1) is 16.9 Å². The maximum Gasteiger partial charge on any atom is 0.277 e. The number of nitrogens with zero attached hydrogens (tertiary/aromatic N) is 3. The van der Waals surface area contributed by atoms with Crippen molar-refractivity contribution in [1.29, 1.82) is 5.26 Å². The van der Waals surface area contributed by atoms with Crippen LogP contribution in [0.15, 0.2) is 58.2 Å². The molecule has 0 bridgehead atoms. The maximum absolute atomic E-state index is 12.4. The summed E-state index contributed by atoms with van der Waals surface area (Å²) in [7, 11) is 0. The number of rotatable bonds is 5. The summed E-state index contributed by atoms with van der Waals surface area (Å²) in [6.45, 7) is 2.00. The zero-order chi connectivity index (χ0) is 20.2. The third-order valence-electron chi connectivity index (χ3n) is 4.13. The molecule has 1 aliphatic rings. The van der Waals surface area contributed by atoms with E-state index in [1.807, 2.05) is 30.3 Å². The molecule has 1 aliphatic heterocycles. The number of ether oxygens (including phenoxy) is 2. The molecule has 0 unspecified atom stereocenters. The molecule has 8 nitrogen and oxygen atoms in total. The summed E-state index contributed by atoms with van der Waals surface area (Å²) >= 11 is 1.15. The van der Waals surface area contributed by atoms with Gasteiger partial charge >= 0.3 is 0 Å². The number of fused-ring (bicyclic) bond motifs is 1. The monoisotopic (exact) mass is 408 g/mol. The molecule has 2 heterocycles. The van der Waals surface area contributed by atoms with Gasteiger partial charge in [-0.3, -0.25) is 4.79 Å². The van der Waals surface area contributed by atoms with E-state index in [-0.39, 0.29) is 17.7 Å². The number of nitrogens with one attached hydrogen (secondary N) is 1. The Bertz CT molecular complexity index is 1060. The van der Waals surface area contributed by atoms with Gasteiger partial charge in [0.15, 0.2) is 11.5 Å². The van der Waals surface area contributed by atoms with Gasteiger partial charge < -0.3 is 19.2 Å². The number of thioether (sulfide) groups is 1. The van der Waals surface area contributed by atoms with Crippen LogP contribution < -0.4 is 14.8 Å². The first-order chi connectivity index (χ1) is 14.1. The van der Waals surface area contributed by atoms with Crippen molar-refractivity contribution in [3.63, 3.8) is 0 Å². The average molecular weight is 408 g/mol. The van der Waals surface area contributed by atoms with Gasteiger partial charge in [-0.1, -0.05) is 23.9 Å². The van der Waals surface area contributed by atoms with Crippen LogP contribution in [0, 0.1) is 11.3 Å². The molecule has 2 atom stereocenters. The molecule has 146 valence electrons. The summed E-state index contributed by atoms with van der Waals surface area (Å²) in [4.78, 5) is 12.4. The van der Waals surface area contributed by atoms with Crippen molar-refractivity contribution in [3.8, 4) is 17.6 Å². The molecule has 0 saturated carbocycles. The summed E-state index contributed by atoms with van der Waals surface area (Å²) in [5.74, 6) is 1.37. The predicted octanol–water partition coefficient (Wildman–Crippen LogP) is 3.57. The van der Waals surface area contributed by atoms with Crippen LogP contribution in [0.4, 0.5) is 5.69 Å². The van der Waals surface area contributed by atoms with Gasteiger partial charge in [0.2, 0.25) is 12.0 Å². The highest BCUT2D eigenvalue weighted by atomic mass is 32.2. The molecule has 1 aromatic heterocycles. The summed E-state index contributed by atoms with van der Waals surface area (Å²) in [6.07, 6.45) is -0.505. The summed E-state index contributed by atoms with van der Waals surface area (Å²) in [5.41, 5.74) is 1.14. The van der Waals surface area contributed by atoms with E-state index in [4.69, 9.17) is 19.2 Å². The first-order valence-electron chi connectivity index (χ1n) is 8.82. The van der Waals surface area contributed by atoms with Crippen LogP contribution in [0.5, 0.6) is 11.5 Å². The van der Waals surface area contributed by atoms with Crippen LogP contribution in [0.3, 0.4) is 0 Å². The second kappa shape index (κ2) is 8.24. The third kappa shape index (κ3) is 4.33. The number of hydrogen-bond acceptors (Lipinski definition) is 8. The molecule has 9 heteroatoms. The molecule has 1 amide bonds. The molecule has 0 spiro atoms. The summed E-state index contributed by atoms with van der Waals surface area (Å²) < 4.78 is 17.2. The largest absolute Gasteiger partial charge is 0.485 e. The minimum atomic E-state index is -0.505. The molecule has 4 rings (SSSR count). The number of hydrogen-bond donors (Lipinski definition) is 1. The van der Waals surface area contributed by atoms with Crippen molar-refractivity contribution in [2.24, 2.45) is 0 Å². The molecule has 0 fully saturated rings. The van der Waals surface area contributed by atoms with E-state index < -0.39 is 11.4 Å². The third-order valence-corrected chi connectivity index (χ3v) is 5.07. The molecular formula is C20H16N4O4S. The fourth-order valence-electron chi connectivity index (χ4n) is 2.62. The fourth-order valence-corrected chi connectivity index (χ4v) is 3.31. The van der Waals surface area contributed by atoms with E-state index in [1.54, 1.807) is 31.2 Å². The van der Waals surface area contributed by atoms with Gasteiger partial charge in [-0.25, -0.2) is 0 Å². The topological polar surface area (TPSA) is 110 Å². The van der Waals surface area contributed by atoms with E-state index in [1.165, 1.54) is 0 Å². The van der Waals surface area contributed by atoms with E-state index in [0.29, 0.717) is 28.6 Å².